The smallest absolute Gasteiger partial charge is 0.408 e. The Bertz CT molecular complexity index is 1670. The van der Waals surface area contributed by atoms with Crippen molar-refractivity contribution < 1.29 is 28.5 Å². The van der Waals surface area contributed by atoms with Crippen molar-refractivity contribution >= 4 is 58.6 Å². The molecule has 2 aromatic heterocycles. The highest BCUT2D eigenvalue weighted by Crippen LogP contribution is 2.35. The topological polar surface area (TPSA) is 127 Å². The molecule has 0 bridgehead atoms. The predicted octanol–water partition coefficient (Wildman–Crippen LogP) is 7.52. The van der Waals surface area contributed by atoms with Gasteiger partial charge in [0.15, 0.2) is 0 Å². The molecule has 4 heterocycles. The third-order valence-electron chi connectivity index (χ3n) is 7.88. The van der Waals surface area contributed by atoms with Crippen LogP contribution in [-0.2, 0) is 18.9 Å². The number of nitrogens with zero attached hydrogens (tertiary/aromatic N) is 4. The molecule has 296 valence electrons. The van der Waals surface area contributed by atoms with Crippen molar-refractivity contribution in [3.8, 4) is 24.2 Å². The highest BCUT2D eigenvalue weighted by molar-refractivity contribution is 6.34. The van der Waals surface area contributed by atoms with Crippen molar-refractivity contribution in [1.29, 1.82) is 0 Å². The summed E-state index contributed by atoms with van der Waals surface area (Å²) < 4.78 is 21.0. The number of aromatic nitrogens is 2. The molecular weight excluding hydrogens is 755 g/mol. The highest BCUT2D eigenvalue weighted by Gasteiger charge is 2.44. The number of terminal acetylenes is 1. The number of amides is 2. The molecule has 2 saturated carbocycles. The molecule has 2 aromatic rings. The van der Waals surface area contributed by atoms with Crippen molar-refractivity contribution in [2.45, 2.75) is 96.9 Å². The van der Waals surface area contributed by atoms with E-state index in [9.17, 15) is 9.59 Å². The maximum atomic E-state index is 12.0. The standard InChI is InChI=1S/C19H24ClN3O3.C10H15NO2.C9H10Cl2N2O.CH4/c1-18(2,3)26-17(24)22-19(6-7-19)5-4-15-12-14(20)13-16(21-15)23-8-10-25-11-9-23;1-5-10(6-7-10)11-8(12)13-9(2,3)4;10-7-5-8(11)12-9(6-7)13-1-3-14-4-2-13;/h12-13H,6-11H2,1-3H3,(H,22,24);1H,6-7H2,2-4H3,(H,11,12);5-6H,1-4H2;1H4. The fraction of sp³-hybridized carbons (Fsp3) is 0.590. The maximum Gasteiger partial charge on any atom is 0.408 e. The maximum absolute atomic E-state index is 12.0. The van der Waals surface area contributed by atoms with Gasteiger partial charge in [-0.05, 0) is 97.4 Å². The van der Waals surface area contributed by atoms with Crippen molar-refractivity contribution in [2.24, 2.45) is 0 Å². The molecule has 4 fully saturated rings. The second-order valence-corrected chi connectivity index (χ2v) is 16.3. The number of morpholine rings is 2. The lowest BCUT2D eigenvalue weighted by Gasteiger charge is -2.28. The normalized spacial score (nSPS) is 17.9. The zero-order valence-corrected chi connectivity index (χ0v) is 33.5. The molecule has 0 spiro atoms. The Labute approximate surface area is 335 Å². The van der Waals surface area contributed by atoms with Crippen LogP contribution in [0.15, 0.2) is 24.3 Å². The van der Waals surface area contributed by atoms with E-state index in [0.29, 0.717) is 34.1 Å². The van der Waals surface area contributed by atoms with Crippen LogP contribution in [0.3, 0.4) is 0 Å². The van der Waals surface area contributed by atoms with Crippen LogP contribution in [-0.4, -0.2) is 97.0 Å². The van der Waals surface area contributed by atoms with Crippen LogP contribution in [0.1, 0.15) is 80.3 Å². The van der Waals surface area contributed by atoms with Gasteiger partial charge in [0.25, 0.3) is 0 Å². The molecule has 2 aliphatic heterocycles. The molecule has 54 heavy (non-hydrogen) atoms. The second-order valence-electron chi connectivity index (χ2n) is 15.0. The molecule has 4 aliphatic rings. The van der Waals surface area contributed by atoms with Crippen LogP contribution in [0.25, 0.3) is 0 Å². The number of rotatable bonds is 4. The number of nitrogens with one attached hydrogen (secondary N) is 2. The van der Waals surface area contributed by atoms with E-state index < -0.39 is 34.5 Å². The number of carbonyl (C=O) groups is 2. The molecule has 6 rings (SSSR count). The molecule has 12 nitrogen and oxygen atoms in total. The van der Waals surface area contributed by atoms with Crippen LogP contribution in [0.4, 0.5) is 21.2 Å². The molecule has 0 unspecified atom stereocenters. The summed E-state index contributed by atoms with van der Waals surface area (Å²) in [5.41, 5.74) is -1.34. The third kappa shape index (κ3) is 15.6. The van der Waals surface area contributed by atoms with E-state index in [4.69, 9.17) is 60.2 Å². The molecule has 0 radical (unpaired) electrons. The zero-order chi connectivity index (χ0) is 38.9. The van der Waals surface area contributed by atoms with Crippen molar-refractivity contribution in [3.63, 3.8) is 0 Å². The zero-order valence-electron chi connectivity index (χ0n) is 31.2. The molecule has 0 atom stereocenters. The molecule has 2 saturated heterocycles. The Morgan fingerprint density at radius 1 is 0.741 bits per heavy atom. The molecule has 15 heteroatoms. The van der Waals surface area contributed by atoms with Gasteiger partial charge in [-0.15, -0.1) is 6.42 Å². The van der Waals surface area contributed by atoms with E-state index >= 15 is 0 Å². The summed E-state index contributed by atoms with van der Waals surface area (Å²) in [6, 6.07) is 7.03. The highest BCUT2D eigenvalue weighted by atomic mass is 35.5. The van der Waals surface area contributed by atoms with Crippen LogP contribution in [0, 0.1) is 24.2 Å². The van der Waals surface area contributed by atoms with Crippen LogP contribution >= 0.6 is 34.8 Å². The van der Waals surface area contributed by atoms with Crippen molar-refractivity contribution in [1.82, 2.24) is 20.6 Å². The first-order valence-electron chi connectivity index (χ1n) is 17.6. The molecule has 2 aliphatic carbocycles. The number of anilines is 2. The summed E-state index contributed by atoms with van der Waals surface area (Å²) in [5, 5.41) is 7.18. The first kappa shape index (κ1) is 44.7. The van der Waals surface area contributed by atoms with Crippen molar-refractivity contribution in [2.75, 3.05) is 62.4 Å². The predicted molar refractivity (Wildman–Crippen MR) is 215 cm³/mol. The summed E-state index contributed by atoms with van der Waals surface area (Å²) in [6.45, 7) is 17.0. The number of alkyl carbamates (subject to hydrolysis) is 2. The van der Waals surface area contributed by atoms with E-state index in [1.54, 1.807) is 12.1 Å². The number of carbonyl (C=O) groups excluding carboxylic acids is 2. The Hall–Kier alpha value is -3.65. The monoisotopic (exact) mass is 806 g/mol. The van der Waals surface area contributed by atoms with Crippen LogP contribution in [0.2, 0.25) is 15.2 Å². The average molecular weight is 808 g/mol. The number of halogens is 3. The Morgan fingerprint density at radius 3 is 1.57 bits per heavy atom. The fourth-order valence-electron chi connectivity index (χ4n) is 4.93. The van der Waals surface area contributed by atoms with E-state index in [0.717, 1.165) is 76.7 Å². The first-order valence-corrected chi connectivity index (χ1v) is 18.7. The van der Waals surface area contributed by atoms with E-state index in [2.05, 4.69) is 48.2 Å². The van der Waals surface area contributed by atoms with Gasteiger partial charge < -0.3 is 39.4 Å². The molecule has 0 aromatic carbocycles. The summed E-state index contributed by atoms with van der Waals surface area (Å²) in [7, 11) is 0. The minimum absolute atomic E-state index is 0. The summed E-state index contributed by atoms with van der Waals surface area (Å²) in [6.07, 6.45) is 7.69. The lowest BCUT2D eigenvalue weighted by molar-refractivity contribution is 0.0498. The third-order valence-corrected chi connectivity index (χ3v) is 8.51. The Morgan fingerprint density at radius 2 is 1.17 bits per heavy atom. The van der Waals surface area contributed by atoms with E-state index in [1.807, 2.05) is 53.7 Å². The van der Waals surface area contributed by atoms with Gasteiger partial charge in [0.05, 0.1) is 26.4 Å². The van der Waals surface area contributed by atoms with Crippen molar-refractivity contribution in [3.05, 3.63) is 45.2 Å². The molecular formula is C39H53Cl3N6O6. The minimum Gasteiger partial charge on any atom is -0.444 e. The summed E-state index contributed by atoms with van der Waals surface area (Å²) in [5.74, 6) is 10.4. The number of ether oxygens (including phenoxy) is 4. The van der Waals surface area contributed by atoms with Gasteiger partial charge >= 0.3 is 12.2 Å². The molecule has 2 N–H and O–H groups in total. The Balaban J connectivity index is 0.000000237. The van der Waals surface area contributed by atoms with E-state index in [-0.39, 0.29) is 7.43 Å². The largest absolute Gasteiger partial charge is 0.444 e. The first-order chi connectivity index (χ1) is 24.9. The number of pyridine rings is 2. The number of hydrogen-bond acceptors (Lipinski definition) is 10. The van der Waals surface area contributed by atoms with Gasteiger partial charge in [0, 0.05) is 36.2 Å². The number of hydrogen-bond donors (Lipinski definition) is 2. The van der Waals surface area contributed by atoms with Gasteiger partial charge in [-0.3, -0.25) is 0 Å². The van der Waals surface area contributed by atoms with Gasteiger partial charge in [-0.2, -0.15) is 0 Å². The lowest BCUT2D eigenvalue weighted by atomic mass is 10.2. The summed E-state index contributed by atoms with van der Waals surface area (Å²) in [4.78, 5) is 36.3. The van der Waals surface area contributed by atoms with Gasteiger partial charge in [-0.25, -0.2) is 19.6 Å². The SMILES string of the molecule is C.C#CC1(NC(=O)OC(C)(C)C)CC1.CC(C)(C)OC(=O)NC1(C#Cc2cc(Cl)cc(N3CCOCC3)n2)CC1.Clc1cc(Cl)nc(N2CCOCC2)c1. The summed E-state index contributed by atoms with van der Waals surface area (Å²) >= 11 is 17.9. The van der Waals surface area contributed by atoms with Gasteiger partial charge in [0.2, 0.25) is 0 Å². The van der Waals surface area contributed by atoms with E-state index in [1.165, 1.54) is 0 Å². The second kappa shape index (κ2) is 19.3. The molecule has 2 amide bonds. The average Bonchev–Trinajstić information content (AvgIpc) is 4.01. The van der Waals surface area contributed by atoms with Crippen LogP contribution < -0.4 is 20.4 Å². The van der Waals surface area contributed by atoms with Gasteiger partial charge in [0.1, 0.15) is 44.8 Å². The van der Waals surface area contributed by atoms with Gasteiger partial charge in [-0.1, -0.05) is 54.1 Å². The Kier molecular flexibility index (Phi) is 16.0. The minimum atomic E-state index is -0.533. The lowest BCUT2D eigenvalue weighted by Crippen LogP contribution is -2.40. The quantitative estimate of drug-likeness (QED) is 0.237. The van der Waals surface area contributed by atoms with Crippen LogP contribution in [0.5, 0.6) is 0 Å². The fourth-order valence-corrected chi connectivity index (χ4v) is 5.59.